The van der Waals surface area contributed by atoms with E-state index in [2.05, 4.69) is 70.1 Å². The van der Waals surface area contributed by atoms with Gasteiger partial charge in [0.1, 0.15) is 0 Å². The van der Waals surface area contributed by atoms with Gasteiger partial charge in [-0.25, -0.2) is 0 Å². The molecule has 114 valence electrons. The first kappa shape index (κ1) is 17.0. The van der Waals surface area contributed by atoms with Crippen molar-refractivity contribution >= 4 is 5.69 Å². The largest absolute Gasteiger partial charge is 0.374 e. The maximum atomic E-state index is 3.53. The van der Waals surface area contributed by atoms with Gasteiger partial charge in [-0.3, -0.25) is 0 Å². The average Bonchev–Trinajstić information content (AvgIpc) is 2.35. The van der Waals surface area contributed by atoms with Crippen LogP contribution in [0.5, 0.6) is 0 Å². The van der Waals surface area contributed by atoms with Gasteiger partial charge in [-0.15, -0.1) is 0 Å². The quantitative estimate of drug-likeness (QED) is 0.767. The van der Waals surface area contributed by atoms with E-state index in [9.17, 15) is 0 Å². The number of hydrogen-bond donors (Lipinski definition) is 1. The zero-order chi connectivity index (χ0) is 15.2. The Morgan fingerprint density at radius 2 is 1.70 bits per heavy atom. The summed E-state index contributed by atoms with van der Waals surface area (Å²) in [6.45, 7) is 14.4. The Morgan fingerprint density at radius 1 is 1.10 bits per heavy atom. The van der Waals surface area contributed by atoms with Crippen LogP contribution in [0.4, 0.5) is 5.69 Å². The molecule has 0 amide bonds. The van der Waals surface area contributed by atoms with Crippen LogP contribution in [0.15, 0.2) is 18.2 Å². The monoisotopic (exact) mass is 276 g/mol. The van der Waals surface area contributed by atoms with Crippen LogP contribution in [-0.4, -0.2) is 26.7 Å². The first-order chi connectivity index (χ1) is 9.40. The number of hydrogen-bond acceptors (Lipinski definition) is 2. The second kappa shape index (κ2) is 7.68. The lowest BCUT2D eigenvalue weighted by atomic mass is 9.84. The van der Waals surface area contributed by atoms with Crippen molar-refractivity contribution in [2.45, 2.75) is 47.5 Å². The summed E-state index contributed by atoms with van der Waals surface area (Å²) in [4.78, 5) is 2.41. The molecule has 2 nitrogen and oxygen atoms in total. The van der Waals surface area contributed by atoms with E-state index in [0.717, 1.165) is 19.6 Å². The molecule has 1 rings (SSSR count). The Labute approximate surface area is 125 Å². The van der Waals surface area contributed by atoms with Gasteiger partial charge in [0.25, 0.3) is 0 Å². The van der Waals surface area contributed by atoms with Crippen molar-refractivity contribution in [3.05, 3.63) is 29.3 Å². The molecule has 0 aliphatic carbocycles. The first-order valence-corrected chi connectivity index (χ1v) is 7.90. The minimum absolute atomic E-state index is 0.331. The summed E-state index contributed by atoms with van der Waals surface area (Å²) in [5.74, 6) is 0. The van der Waals surface area contributed by atoms with Gasteiger partial charge in [0, 0.05) is 25.8 Å². The van der Waals surface area contributed by atoms with Crippen molar-refractivity contribution in [2.24, 2.45) is 5.41 Å². The molecule has 1 unspecified atom stereocenters. The third-order valence-corrected chi connectivity index (χ3v) is 3.92. The van der Waals surface area contributed by atoms with Gasteiger partial charge >= 0.3 is 0 Å². The van der Waals surface area contributed by atoms with Crippen LogP contribution in [0.1, 0.15) is 44.7 Å². The molecule has 0 heterocycles. The molecule has 0 fully saturated rings. The lowest BCUT2D eigenvalue weighted by Crippen LogP contribution is -2.41. The molecule has 1 aromatic carbocycles. The summed E-state index contributed by atoms with van der Waals surface area (Å²) in [6, 6.07) is 6.81. The van der Waals surface area contributed by atoms with E-state index in [1.54, 1.807) is 0 Å². The van der Waals surface area contributed by atoms with E-state index < -0.39 is 0 Å². The summed E-state index contributed by atoms with van der Waals surface area (Å²) in [6.07, 6.45) is 2.50. The van der Waals surface area contributed by atoms with Gasteiger partial charge in [0.15, 0.2) is 0 Å². The predicted molar refractivity (Wildman–Crippen MR) is 90.7 cm³/mol. The van der Waals surface area contributed by atoms with Crippen molar-refractivity contribution < 1.29 is 0 Å². The van der Waals surface area contributed by atoms with E-state index in [4.69, 9.17) is 0 Å². The molecule has 2 heteroatoms. The highest BCUT2D eigenvalue weighted by Crippen LogP contribution is 2.27. The molecule has 20 heavy (non-hydrogen) atoms. The normalized spacial score (nSPS) is 14.1. The Bertz CT molecular complexity index is 394. The zero-order valence-corrected chi connectivity index (χ0v) is 14.2. The number of nitrogens with zero attached hydrogens (tertiary/aromatic N) is 1. The second-order valence-electron chi connectivity index (χ2n) is 6.54. The molecule has 0 saturated carbocycles. The molecular weight excluding hydrogens is 244 g/mol. The third kappa shape index (κ3) is 5.16. The fourth-order valence-electron chi connectivity index (χ4n) is 3.09. The Balaban J connectivity index is 2.81. The lowest BCUT2D eigenvalue weighted by molar-refractivity contribution is 0.286. The fourth-order valence-corrected chi connectivity index (χ4v) is 3.09. The first-order valence-electron chi connectivity index (χ1n) is 7.90. The van der Waals surface area contributed by atoms with Crippen molar-refractivity contribution in [1.82, 2.24) is 5.32 Å². The smallest absolute Gasteiger partial charge is 0.0369 e. The van der Waals surface area contributed by atoms with Crippen LogP contribution in [0.3, 0.4) is 0 Å². The Kier molecular flexibility index (Phi) is 6.54. The van der Waals surface area contributed by atoms with Gasteiger partial charge in [-0.05, 0) is 55.5 Å². The van der Waals surface area contributed by atoms with Crippen LogP contribution in [-0.2, 0) is 0 Å². The highest BCUT2D eigenvalue weighted by molar-refractivity contribution is 5.50. The van der Waals surface area contributed by atoms with E-state index in [1.165, 1.54) is 29.7 Å². The van der Waals surface area contributed by atoms with Gasteiger partial charge in [0.2, 0.25) is 0 Å². The maximum Gasteiger partial charge on any atom is 0.0369 e. The standard InChI is InChI=1S/C18H32N2/c1-7-9-18(5,13-19-8-2)14-20(6)17-11-15(3)10-16(4)12-17/h10-12,19H,7-9,13-14H2,1-6H3. The van der Waals surface area contributed by atoms with Crippen molar-refractivity contribution in [1.29, 1.82) is 0 Å². The maximum absolute atomic E-state index is 3.53. The summed E-state index contributed by atoms with van der Waals surface area (Å²) < 4.78 is 0. The van der Waals surface area contributed by atoms with Crippen LogP contribution in [0, 0.1) is 19.3 Å². The lowest BCUT2D eigenvalue weighted by Gasteiger charge is -2.35. The summed E-state index contributed by atoms with van der Waals surface area (Å²) in [7, 11) is 2.22. The zero-order valence-electron chi connectivity index (χ0n) is 14.2. The van der Waals surface area contributed by atoms with Gasteiger partial charge in [-0.2, -0.15) is 0 Å². The molecule has 1 aromatic rings. The number of nitrogens with one attached hydrogen (secondary N) is 1. The molecule has 1 atom stereocenters. The van der Waals surface area contributed by atoms with Crippen molar-refractivity contribution in [3.8, 4) is 0 Å². The minimum atomic E-state index is 0.331. The second-order valence-corrected chi connectivity index (χ2v) is 6.54. The molecule has 0 radical (unpaired) electrons. The van der Waals surface area contributed by atoms with Crippen LogP contribution < -0.4 is 10.2 Å². The molecule has 1 N–H and O–H groups in total. The molecule has 0 aliphatic heterocycles. The molecule has 0 aliphatic rings. The molecular formula is C18H32N2. The van der Waals surface area contributed by atoms with E-state index >= 15 is 0 Å². The minimum Gasteiger partial charge on any atom is -0.374 e. The van der Waals surface area contributed by atoms with Crippen LogP contribution in [0.2, 0.25) is 0 Å². The SMILES string of the molecule is CCCC(C)(CNCC)CN(C)c1cc(C)cc(C)c1. The highest BCUT2D eigenvalue weighted by Gasteiger charge is 2.25. The number of anilines is 1. The molecule has 0 spiro atoms. The molecule has 0 aromatic heterocycles. The molecule has 0 bridgehead atoms. The fraction of sp³-hybridized carbons (Fsp3) is 0.667. The van der Waals surface area contributed by atoms with E-state index in [0.29, 0.717) is 5.41 Å². The van der Waals surface area contributed by atoms with E-state index in [1.807, 2.05) is 0 Å². The highest BCUT2D eigenvalue weighted by atomic mass is 15.1. The Hall–Kier alpha value is -1.02. The Morgan fingerprint density at radius 3 is 2.20 bits per heavy atom. The number of benzene rings is 1. The topological polar surface area (TPSA) is 15.3 Å². The third-order valence-electron chi connectivity index (χ3n) is 3.92. The van der Waals surface area contributed by atoms with Crippen molar-refractivity contribution in [3.63, 3.8) is 0 Å². The van der Waals surface area contributed by atoms with Gasteiger partial charge in [-0.1, -0.05) is 33.3 Å². The predicted octanol–water partition coefficient (Wildman–Crippen LogP) is 4.16. The van der Waals surface area contributed by atoms with E-state index in [-0.39, 0.29) is 0 Å². The molecule has 0 saturated heterocycles. The number of rotatable bonds is 8. The van der Waals surface area contributed by atoms with Crippen LogP contribution in [0.25, 0.3) is 0 Å². The average molecular weight is 276 g/mol. The summed E-state index contributed by atoms with van der Waals surface area (Å²) >= 11 is 0. The van der Waals surface area contributed by atoms with Gasteiger partial charge < -0.3 is 10.2 Å². The summed E-state index contributed by atoms with van der Waals surface area (Å²) in [5, 5.41) is 3.53. The summed E-state index contributed by atoms with van der Waals surface area (Å²) in [5.41, 5.74) is 4.35. The van der Waals surface area contributed by atoms with Crippen LogP contribution >= 0.6 is 0 Å². The number of aryl methyl sites for hydroxylation is 2. The van der Waals surface area contributed by atoms with Gasteiger partial charge in [0.05, 0.1) is 0 Å². The van der Waals surface area contributed by atoms with Crippen molar-refractivity contribution in [2.75, 3.05) is 31.6 Å².